The molecule has 0 aliphatic heterocycles. The number of anilines is 1. The third-order valence-corrected chi connectivity index (χ3v) is 3.45. The smallest absolute Gasteiger partial charge is 0.220 e. The predicted octanol–water partition coefficient (Wildman–Crippen LogP) is 3.14. The lowest BCUT2D eigenvalue weighted by molar-refractivity contribution is -0.121. The summed E-state index contributed by atoms with van der Waals surface area (Å²) in [6, 6.07) is 7.97. The highest BCUT2D eigenvalue weighted by Crippen LogP contribution is 2.11. The van der Waals surface area contributed by atoms with E-state index in [0.29, 0.717) is 12.3 Å². The summed E-state index contributed by atoms with van der Waals surface area (Å²) in [6.45, 7) is 6.47. The first kappa shape index (κ1) is 15.5. The van der Waals surface area contributed by atoms with Crippen LogP contribution in [0.2, 0.25) is 0 Å². The number of carbonyl (C=O) groups is 1. The molecule has 1 aromatic carbocycles. The highest BCUT2D eigenvalue weighted by atomic mass is 16.1. The van der Waals surface area contributed by atoms with Crippen LogP contribution in [0.25, 0.3) is 0 Å². The molecule has 0 aliphatic rings. The fraction of sp³-hybridized carbons (Fsp3) is 0.562. The zero-order valence-electron chi connectivity index (χ0n) is 12.3. The van der Waals surface area contributed by atoms with E-state index in [1.165, 1.54) is 0 Å². The van der Waals surface area contributed by atoms with E-state index in [1.54, 1.807) is 0 Å². The summed E-state index contributed by atoms with van der Waals surface area (Å²) in [6.07, 6.45) is 3.46. The molecule has 2 atom stereocenters. The molecule has 1 aromatic rings. The van der Waals surface area contributed by atoms with Gasteiger partial charge >= 0.3 is 0 Å². The van der Waals surface area contributed by atoms with E-state index in [9.17, 15) is 4.79 Å². The van der Waals surface area contributed by atoms with Crippen molar-refractivity contribution in [2.45, 2.75) is 52.5 Å². The van der Waals surface area contributed by atoms with Crippen LogP contribution in [0.5, 0.6) is 0 Å². The molecule has 3 N–H and O–H groups in total. The maximum Gasteiger partial charge on any atom is 0.220 e. The minimum absolute atomic E-state index is 0.123. The van der Waals surface area contributed by atoms with E-state index in [2.05, 4.69) is 26.1 Å². The zero-order valence-corrected chi connectivity index (χ0v) is 12.3. The summed E-state index contributed by atoms with van der Waals surface area (Å²) in [5, 5.41) is 3.06. The van der Waals surface area contributed by atoms with Gasteiger partial charge in [-0.15, -0.1) is 0 Å². The Kier molecular flexibility index (Phi) is 6.40. The van der Waals surface area contributed by atoms with Crippen molar-refractivity contribution in [2.75, 3.05) is 5.73 Å². The summed E-state index contributed by atoms with van der Waals surface area (Å²) >= 11 is 0. The van der Waals surface area contributed by atoms with E-state index in [1.807, 2.05) is 24.3 Å². The molecular weight excluding hydrogens is 236 g/mol. The second kappa shape index (κ2) is 7.82. The summed E-state index contributed by atoms with van der Waals surface area (Å²) in [5.41, 5.74) is 7.58. The lowest BCUT2D eigenvalue weighted by Gasteiger charge is -2.17. The molecule has 3 nitrogen and oxygen atoms in total. The van der Waals surface area contributed by atoms with Crippen LogP contribution in [0.1, 0.15) is 45.6 Å². The summed E-state index contributed by atoms with van der Waals surface area (Å²) < 4.78 is 0. The Morgan fingerprint density at radius 3 is 2.74 bits per heavy atom. The normalized spacial score (nSPS) is 13.8. The number of nitrogens with two attached hydrogens (primary N) is 1. The molecule has 19 heavy (non-hydrogen) atoms. The van der Waals surface area contributed by atoms with Gasteiger partial charge in [0, 0.05) is 18.2 Å². The lowest BCUT2D eigenvalue weighted by atomic mass is 10.00. The molecule has 106 valence electrons. The highest BCUT2D eigenvalue weighted by molar-refractivity contribution is 5.76. The first-order valence-corrected chi connectivity index (χ1v) is 7.15. The molecule has 0 aromatic heterocycles. The number of aryl methyl sites for hydroxylation is 1. The maximum atomic E-state index is 11.8. The molecule has 0 saturated carbocycles. The molecule has 0 aliphatic carbocycles. The minimum Gasteiger partial charge on any atom is -0.399 e. The maximum absolute atomic E-state index is 11.8. The van der Waals surface area contributed by atoms with Gasteiger partial charge in [0.2, 0.25) is 5.91 Å². The molecule has 2 unspecified atom stereocenters. The molecule has 0 spiro atoms. The Balaban J connectivity index is 2.31. The number of nitrogens with one attached hydrogen (secondary N) is 1. The first-order valence-electron chi connectivity index (χ1n) is 7.15. The number of carbonyl (C=O) groups excluding carboxylic acids is 1. The van der Waals surface area contributed by atoms with Crippen molar-refractivity contribution in [3.8, 4) is 0 Å². The lowest BCUT2D eigenvalue weighted by Crippen LogP contribution is -2.33. The van der Waals surface area contributed by atoms with Crippen molar-refractivity contribution in [2.24, 2.45) is 5.92 Å². The quantitative estimate of drug-likeness (QED) is 0.742. The average molecular weight is 262 g/mol. The van der Waals surface area contributed by atoms with Crippen molar-refractivity contribution in [3.63, 3.8) is 0 Å². The van der Waals surface area contributed by atoms with Crippen molar-refractivity contribution in [1.82, 2.24) is 5.32 Å². The number of hydrogen-bond acceptors (Lipinski definition) is 2. The van der Waals surface area contributed by atoms with Gasteiger partial charge in [0.25, 0.3) is 0 Å². The largest absolute Gasteiger partial charge is 0.399 e. The van der Waals surface area contributed by atoms with Crippen molar-refractivity contribution < 1.29 is 4.79 Å². The molecule has 0 bridgehead atoms. The Labute approximate surface area is 116 Å². The van der Waals surface area contributed by atoms with Gasteiger partial charge < -0.3 is 11.1 Å². The number of rotatable bonds is 7. The third kappa shape index (κ3) is 6.27. The SMILES string of the molecule is CCC(C)CC(C)NC(=O)CCc1cccc(N)c1. The molecule has 0 radical (unpaired) electrons. The minimum atomic E-state index is 0.123. The monoisotopic (exact) mass is 262 g/mol. The van der Waals surface area contributed by atoms with Crippen LogP contribution in [0, 0.1) is 5.92 Å². The molecule has 0 heterocycles. The van der Waals surface area contributed by atoms with E-state index in [4.69, 9.17) is 5.73 Å². The van der Waals surface area contributed by atoms with Crippen LogP contribution in [-0.4, -0.2) is 11.9 Å². The molecule has 1 amide bonds. The fourth-order valence-corrected chi connectivity index (χ4v) is 2.18. The van der Waals surface area contributed by atoms with Gasteiger partial charge in [-0.1, -0.05) is 32.4 Å². The number of nitrogen functional groups attached to an aromatic ring is 1. The Morgan fingerprint density at radius 1 is 1.37 bits per heavy atom. The van der Waals surface area contributed by atoms with Crippen molar-refractivity contribution in [3.05, 3.63) is 29.8 Å². The van der Waals surface area contributed by atoms with E-state index in [0.717, 1.165) is 30.5 Å². The van der Waals surface area contributed by atoms with Crippen LogP contribution < -0.4 is 11.1 Å². The van der Waals surface area contributed by atoms with E-state index >= 15 is 0 Å². The Morgan fingerprint density at radius 2 is 2.11 bits per heavy atom. The number of hydrogen-bond donors (Lipinski definition) is 2. The van der Waals surface area contributed by atoms with Gasteiger partial charge in [-0.05, 0) is 43.4 Å². The third-order valence-electron chi connectivity index (χ3n) is 3.45. The van der Waals surface area contributed by atoms with Crippen molar-refractivity contribution >= 4 is 11.6 Å². The Bertz CT molecular complexity index is 403. The average Bonchev–Trinajstić information content (AvgIpc) is 2.36. The standard InChI is InChI=1S/C16H26N2O/c1-4-12(2)10-13(3)18-16(19)9-8-14-6-5-7-15(17)11-14/h5-7,11-13H,4,8-10,17H2,1-3H3,(H,18,19). The second-order valence-corrected chi connectivity index (χ2v) is 5.46. The summed E-state index contributed by atoms with van der Waals surface area (Å²) in [4.78, 5) is 11.8. The van der Waals surface area contributed by atoms with Crippen molar-refractivity contribution in [1.29, 1.82) is 0 Å². The van der Waals surface area contributed by atoms with Gasteiger partial charge in [-0.3, -0.25) is 4.79 Å². The fourth-order valence-electron chi connectivity index (χ4n) is 2.18. The molecule has 0 fully saturated rings. The number of amides is 1. The van der Waals surface area contributed by atoms with E-state index < -0.39 is 0 Å². The van der Waals surface area contributed by atoms with E-state index in [-0.39, 0.29) is 11.9 Å². The molecule has 1 rings (SSSR count). The van der Waals surface area contributed by atoms with Gasteiger partial charge in [-0.2, -0.15) is 0 Å². The van der Waals surface area contributed by atoms with Gasteiger partial charge in [-0.25, -0.2) is 0 Å². The Hall–Kier alpha value is -1.51. The summed E-state index contributed by atoms with van der Waals surface area (Å²) in [7, 11) is 0. The van der Waals surface area contributed by atoms with Crippen LogP contribution in [0.15, 0.2) is 24.3 Å². The van der Waals surface area contributed by atoms with Crippen LogP contribution in [0.3, 0.4) is 0 Å². The van der Waals surface area contributed by atoms with Crippen LogP contribution in [0.4, 0.5) is 5.69 Å². The van der Waals surface area contributed by atoms with Crippen LogP contribution in [-0.2, 0) is 11.2 Å². The van der Waals surface area contributed by atoms with Crippen LogP contribution >= 0.6 is 0 Å². The summed E-state index contributed by atoms with van der Waals surface area (Å²) in [5.74, 6) is 0.780. The van der Waals surface area contributed by atoms with Gasteiger partial charge in [0.15, 0.2) is 0 Å². The number of benzene rings is 1. The highest BCUT2D eigenvalue weighted by Gasteiger charge is 2.10. The molecular formula is C16H26N2O. The predicted molar refractivity (Wildman–Crippen MR) is 80.9 cm³/mol. The van der Waals surface area contributed by atoms with Gasteiger partial charge in [0.1, 0.15) is 0 Å². The van der Waals surface area contributed by atoms with Gasteiger partial charge in [0.05, 0.1) is 0 Å². The topological polar surface area (TPSA) is 55.1 Å². The first-order chi connectivity index (χ1) is 9.01. The molecule has 0 saturated heterocycles. The molecule has 3 heteroatoms. The second-order valence-electron chi connectivity index (χ2n) is 5.46. The zero-order chi connectivity index (χ0) is 14.3.